The van der Waals surface area contributed by atoms with Gasteiger partial charge < -0.3 is 35.1 Å². The fourth-order valence-electron chi connectivity index (χ4n) is 11.7. The summed E-state index contributed by atoms with van der Waals surface area (Å²) in [5, 5.41) is 6.47. The Morgan fingerprint density at radius 1 is 0.838 bits per heavy atom. The molecule has 5 fully saturated rings. The summed E-state index contributed by atoms with van der Waals surface area (Å²) in [5.41, 5.74) is 9.73. The zero-order valence-electron chi connectivity index (χ0n) is 42.5. The molecular weight excluding hydrogens is 963 g/mol. The van der Waals surface area contributed by atoms with Crippen molar-refractivity contribution < 1.29 is 42.6 Å². The van der Waals surface area contributed by atoms with Gasteiger partial charge in [0.15, 0.2) is 18.2 Å². The van der Waals surface area contributed by atoms with E-state index in [9.17, 15) is 24.0 Å². The van der Waals surface area contributed by atoms with Gasteiger partial charge in [-0.2, -0.15) is 0 Å². The Balaban J connectivity index is 0.725. The molecule has 0 bridgehead atoms. The van der Waals surface area contributed by atoms with Crippen LogP contribution in [0.4, 0.5) is 14.9 Å². The van der Waals surface area contributed by atoms with Crippen molar-refractivity contribution in [1.29, 1.82) is 0 Å². The number of imide groups is 1. The van der Waals surface area contributed by atoms with Crippen LogP contribution in [0.1, 0.15) is 116 Å². The van der Waals surface area contributed by atoms with Gasteiger partial charge in [0.05, 0.1) is 24.0 Å². The monoisotopic (exact) mass is 1030 g/mol. The van der Waals surface area contributed by atoms with E-state index in [1.54, 1.807) is 18.2 Å². The molecule has 0 radical (unpaired) electrons. The van der Waals surface area contributed by atoms with Crippen molar-refractivity contribution in [2.24, 2.45) is 23.5 Å². The predicted molar refractivity (Wildman–Crippen MR) is 282 cm³/mol. The normalized spacial score (nSPS) is 21.3. The molecule has 1 saturated carbocycles. The van der Waals surface area contributed by atoms with Crippen molar-refractivity contribution in [3.8, 4) is 22.6 Å². The van der Waals surface area contributed by atoms with Crippen molar-refractivity contribution in [2.75, 3.05) is 64.0 Å². The highest BCUT2D eigenvalue weighted by Crippen LogP contribution is 2.40. The maximum absolute atomic E-state index is 16.5. The molecule has 2 atom stereocenters. The highest BCUT2D eigenvalue weighted by atomic mass is 35.5. The molecule has 2 unspecified atom stereocenters. The molecular formula is C58H70ClFN6O8. The summed E-state index contributed by atoms with van der Waals surface area (Å²) in [7, 11) is 0. The zero-order valence-corrected chi connectivity index (χ0v) is 43.2. The lowest BCUT2D eigenvalue weighted by atomic mass is 9.81. The minimum absolute atomic E-state index is 0.0143. The van der Waals surface area contributed by atoms with Crippen LogP contribution >= 0.6 is 11.6 Å². The first-order valence-electron chi connectivity index (χ1n) is 26.7. The first kappa shape index (κ1) is 52.8. The average molecular weight is 1030 g/mol. The van der Waals surface area contributed by atoms with Gasteiger partial charge in [0.1, 0.15) is 5.75 Å². The third kappa shape index (κ3) is 12.9. The van der Waals surface area contributed by atoms with Crippen molar-refractivity contribution in [1.82, 2.24) is 20.4 Å². The van der Waals surface area contributed by atoms with Crippen LogP contribution in [-0.2, 0) is 19.1 Å². The Bertz CT molecular complexity index is 2640. The van der Waals surface area contributed by atoms with Crippen LogP contribution < -0.4 is 30.7 Å². The van der Waals surface area contributed by atoms with Crippen LogP contribution in [0.3, 0.4) is 0 Å². The van der Waals surface area contributed by atoms with Crippen molar-refractivity contribution >= 4 is 46.9 Å². The number of anilines is 1. The van der Waals surface area contributed by atoms with Gasteiger partial charge in [-0.1, -0.05) is 54.1 Å². The zero-order chi connectivity index (χ0) is 51.7. The third-order valence-electron chi connectivity index (χ3n) is 16.1. The number of nitrogens with one attached hydrogen (secondary N) is 2. The molecule has 5 aliphatic rings. The second-order valence-electron chi connectivity index (χ2n) is 20.9. The standard InChI is InChI=1S/C58H70ClFN6O8/c1-37-9-15-45(34-50(37)66-29-23-52(67)63-58(66)71)74-36-53(68)64-25-19-38(20-26-64)32-39-21-27-65(28-22-39)57(70)41-10-13-43(14-11-41)62-35-48(40-6-3-2-4-7-40)42-12-17-49(59)47(33-42)54-46(56(61)69)16-18-51(55(54)60)73-31-24-44-8-5-30-72-44/h2-4,6-7,9,12,15-18,33-34,38-39,41,43-44,48,62H,5,8,10-11,13-14,19-32,35-36H2,1H3,(H2,61,69)(H,63,67,71). The van der Waals surface area contributed by atoms with Crippen LogP contribution in [0.2, 0.25) is 5.02 Å². The van der Waals surface area contributed by atoms with Gasteiger partial charge >= 0.3 is 6.03 Å². The number of piperidine rings is 2. The number of likely N-dealkylation sites (tertiary alicyclic amines) is 2. The molecule has 4 heterocycles. The number of carbonyl (C=O) groups is 5. The van der Waals surface area contributed by atoms with Crippen LogP contribution in [0, 0.1) is 30.5 Å². The van der Waals surface area contributed by atoms with Crippen molar-refractivity contribution in [3.63, 3.8) is 0 Å². The number of ether oxygens (including phenoxy) is 3. The Labute approximate surface area is 438 Å². The van der Waals surface area contributed by atoms with Crippen molar-refractivity contribution in [2.45, 2.75) is 108 Å². The summed E-state index contributed by atoms with van der Waals surface area (Å²) in [5.74, 6) is 0.00436. The highest BCUT2D eigenvalue weighted by Gasteiger charge is 2.34. The van der Waals surface area contributed by atoms with Crippen LogP contribution in [0.25, 0.3) is 11.1 Å². The number of hydrogen-bond acceptors (Lipinski definition) is 9. The second kappa shape index (κ2) is 24.5. The number of amides is 6. The number of halogens is 2. The third-order valence-corrected chi connectivity index (χ3v) is 16.4. The fourth-order valence-corrected chi connectivity index (χ4v) is 12.0. The number of nitrogens with zero attached hydrogens (tertiary/aromatic N) is 3. The largest absolute Gasteiger partial charge is 0.490 e. The number of carbonyl (C=O) groups excluding carboxylic acids is 5. The average Bonchev–Trinajstić information content (AvgIpc) is 3.94. The summed E-state index contributed by atoms with van der Waals surface area (Å²) in [6, 6.07) is 23.8. The minimum Gasteiger partial charge on any atom is -0.490 e. The molecule has 4 aliphatic heterocycles. The van der Waals surface area contributed by atoms with Gasteiger partial charge in [-0.05, 0) is 136 Å². The fraction of sp³-hybridized carbons (Fsp3) is 0.500. The van der Waals surface area contributed by atoms with E-state index in [2.05, 4.69) is 27.7 Å². The second-order valence-corrected chi connectivity index (χ2v) is 21.3. The number of urea groups is 1. The summed E-state index contributed by atoms with van der Waals surface area (Å²) in [6.07, 6.45) is 11.3. The van der Waals surface area contributed by atoms with E-state index in [1.165, 1.54) is 17.0 Å². The van der Waals surface area contributed by atoms with E-state index in [4.69, 9.17) is 31.5 Å². The molecule has 394 valence electrons. The molecule has 4 aromatic carbocycles. The molecule has 16 heteroatoms. The van der Waals surface area contributed by atoms with E-state index in [0.717, 1.165) is 107 Å². The molecule has 4 saturated heterocycles. The number of benzene rings is 4. The Hall–Kier alpha value is -6.03. The molecule has 0 spiro atoms. The molecule has 4 aromatic rings. The van der Waals surface area contributed by atoms with Gasteiger partial charge in [-0.25, -0.2) is 9.18 Å². The van der Waals surface area contributed by atoms with Gasteiger partial charge in [0, 0.05) is 98.8 Å². The summed E-state index contributed by atoms with van der Waals surface area (Å²) in [4.78, 5) is 69.4. The Morgan fingerprint density at radius 2 is 1.57 bits per heavy atom. The summed E-state index contributed by atoms with van der Waals surface area (Å²) >= 11 is 6.82. The lowest BCUT2D eigenvalue weighted by Gasteiger charge is -2.38. The van der Waals surface area contributed by atoms with Gasteiger partial charge in [-0.15, -0.1) is 0 Å². The molecule has 6 amide bonds. The first-order valence-corrected chi connectivity index (χ1v) is 27.1. The number of hydrogen-bond donors (Lipinski definition) is 3. The molecule has 74 heavy (non-hydrogen) atoms. The molecule has 0 aromatic heterocycles. The van der Waals surface area contributed by atoms with Gasteiger partial charge in [-0.3, -0.25) is 29.4 Å². The van der Waals surface area contributed by atoms with Gasteiger partial charge in [0.2, 0.25) is 17.7 Å². The van der Waals surface area contributed by atoms with Gasteiger partial charge in [0.25, 0.3) is 5.91 Å². The Morgan fingerprint density at radius 3 is 2.26 bits per heavy atom. The van der Waals surface area contributed by atoms with E-state index in [1.807, 2.05) is 48.2 Å². The SMILES string of the molecule is Cc1ccc(OCC(=O)N2CCC(CC3CCN(C(=O)C4CCC(NCC(c5ccccc5)c5ccc(Cl)c(-c6c(C(N)=O)ccc(OCCC7CCCO7)c6F)c5)CC4)CC3)CC2)cc1N1CCC(=O)NC1=O. The van der Waals surface area contributed by atoms with E-state index in [0.29, 0.717) is 54.9 Å². The predicted octanol–water partition coefficient (Wildman–Crippen LogP) is 9.17. The van der Waals surface area contributed by atoms with E-state index < -0.39 is 17.8 Å². The number of rotatable bonds is 18. The number of primary amides is 1. The number of nitrogens with two attached hydrogens (primary N) is 1. The maximum Gasteiger partial charge on any atom is 0.328 e. The summed E-state index contributed by atoms with van der Waals surface area (Å²) in [6.45, 7) is 6.66. The van der Waals surface area contributed by atoms with Crippen LogP contribution in [-0.4, -0.2) is 111 Å². The minimum atomic E-state index is -0.764. The van der Waals surface area contributed by atoms with Crippen LogP contribution in [0.5, 0.6) is 11.5 Å². The molecule has 4 N–H and O–H groups in total. The Kier molecular flexibility index (Phi) is 17.5. The first-order chi connectivity index (χ1) is 35.9. The topological polar surface area (TPSA) is 173 Å². The summed E-state index contributed by atoms with van der Waals surface area (Å²) < 4.78 is 34.0. The maximum atomic E-state index is 16.5. The van der Waals surface area contributed by atoms with E-state index in [-0.39, 0.29) is 89.8 Å². The van der Waals surface area contributed by atoms with Crippen molar-refractivity contribution in [3.05, 3.63) is 112 Å². The molecule has 9 rings (SSSR count). The number of aryl methyl sites for hydroxylation is 1. The molecule has 14 nitrogen and oxygen atoms in total. The highest BCUT2D eigenvalue weighted by molar-refractivity contribution is 6.33. The lowest BCUT2D eigenvalue weighted by molar-refractivity contribution is -0.138. The smallest absolute Gasteiger partial charge is 0.328 e. The van der Waals surface area contributed by atoms with E-state index >= 15 is 4.39 Å². The lowest BCUT2D eigenvalue weighted by Crippen LogP contribution is -2.49. The van der Waals surface area contributed by atoms with Crippen LogP contribution in [0.15, 0.2) is 78.9 Å². The quantitative estimate of drug-likeness (QED) is 0.0879. The molecule has 1 aliphatic carbocycles.